The number of halogens is 1. The van der Waals surface area contributed by atoms with Crippen LogP contribution in [0.2, 0.25) is 5.02 Å². The number of aromatic nitrogens is 1. The minimum atomic E-state index is -0.119. The smallest absolute Gasteiger partial charge is 0.266 e. The van der Waals surface area contributed by atoms with Crippen LogP contribution < -0.4 is 9.64 Å². The molecule has 0 N–H and O–H groups in total. The predicted octanol–water partition coefficient (Wildman–Crippen LogP) is 4.54. The number of carbonyl (C=O) groups is 1. The fourth-order valence-corrected chi connectivity index (χ4v) is 4.28. The number of hydrogen-bond donors (Lipinski definition) is 0. The summed E-state index contributed by atoms with van der Waals surface area (Å²) in [6.07, 6.45) is 0. The summed E-state index contributed by atoms with van der Waals surface area (Å²) in [6.45, 7) is 5.20. The van der Waals surface area contributed by atoms with Crippen molar-refractivity contribution in [1.82, 2.24) is 9.88 Å². The van der Waals surface area contributed by atoms with E-state index in [-0.39, 0.29) is 12.5 Å². The number of amides is 1. The number of thiazole rings is 1. The van der Waals surface area contributed by atoms with Gasteiger partial charge in [-0.05, 0) is 63.3 Å². The highest BCUT2D eigenvalue weighted by atomic mass is 35.5. The number of hydrogen-bond acceptors (Lipinski definition) is 5. The zero-order valence-corrected chi connectivity index (χ0v) is 18.1. The topological polar surface area (TPSA) is 45.7 Å². The molecule has 3 rings (SSSR count). The zero-order valence-electron chi connectivity index (χ0n) is 16.5. The molecule has 7 heteroatoms. The lowest BCUT2D eigenvalue weighted by atomic mass is 10.2. The molecule has 0 atom stereocenters. The Balaban J connectivity index is 1.83. The molecule has 1 heterocycles. The van der Waals surface area contributed by atoms with Crippen LogP contribution in [0, 0.1) is 13.8 Å². The molecule has 0 saturated heterocycles. The van der Waals surface area contributed by atoms with Crippen molar-refractivity contribution in [1.29, 1.82) is 0 Å². The summed E-state index contributed by atoms with van der Waals surface area (Å²) in [6, 6.07) is 11.5. The summed E-state index contributed by atoms with van der Waals surface area (Å²) < 4.78 is 6.70. The molecule has 0 bridgehead atoms. The summed E-state index contributed by atoms with van der Waals surface area (Å²) in [7, 11) is 3.96. The van der Waals surface area contributed by atoms with Gasteiger partial charge in [-0.15, -0.1) is 0 Å². The van der Waals surface area contributed by atoms with E-state index in [4.69, 9.17) is 21.3 Å². The molecule has 0 spiro atoms. The molecule has 1 amide bonds. The molecule has 0 unspecified atom stereocenters. The van der Waals surface area contributed by atoms with E-state index in [2.05, 4.69) is 0 Å². The molecule has 28 heavy (non-hydrogen) atoms. The van der Waals surface area contributed by atoms with Crippen LogP contribution in [-0.4, -0.2) is 49.6 Å². The molecule has 0 aliphatic rings. The Labute approximate surface area is 174 Å². The zero-order chi connectivity index (χ0) is 20.3. The average Bonchev–Trinajstić information content (AvgIpc) is 3.04. The molecule has 5 nitrogen and oxygen atoms in total. The van der Waals surface area contributed by atoms with Gasteiger partial charge in [-0.3, -0.25) is 9.69 Å². The number of carbonyl (C=O) groups excluding carboxylic acids is 1. The largest absolute Gasteiger partial charge is 0.484 e. The van der Waals surface area contributed by atoms with E-state index >= 15 is 0 Å². The Morgan fingerprint density at radius 1 is 1.18 bits per heavy atom. The quantitative estimate of drug-likeness (QED) is 0.566. The number of ether oxygens (including phenoxy) is 1. The second-order valence-corrected chi connectivity index (χ2v) is 8.47. The van der Waals surface area contributed by atoms with Crippen molar-refractivity contribution in [3.05, 3.63) is 52.5 Å². The third kappa shape index (κ3) is 5.01. The van der Waals surface area contributed by atoms with Crippen molar-refractivity contribution >= 4 is 44.2 Å². The highest BCUT2D eigenvalue weighted by Gasteiger charge is 2.21. The Hall–Kier alpha value is -2.15. The molecule has 148 valence electrons. The molecule has 0 saturated carbocycles. The van der Waals surface area contributed by atoms with Crippen LogP contribution in [0.4, 0.5) is 5.13 Å². The van der Waals surface area contributed by atoms with Gasteiger partial charge < -0.3 is 9.64 Å². The maximum atomic E-state index is 13.0. The number of benzene rings is 2. The highest BCUT2D eigenvalue weighted by Crippen LogP contribution is 2.33. The van der Waals surface area contributed by atoms with Crippen molar-refractivity contribution in [2.45, 2.75) is 13.8 Å². The Morgan fingerprint density at radius 3 is 2.68 bits per heavy atom. The number of likely N-dealkylation sites (N-methyl/N-ethyl adjacent to an activating group) is 1. The predicted molar refractivity (Wildman–Crippen MR) is 117 cm³/mol. The van der Waals surface area contributed by atoms with E-state index in [9.17, 15) is 4.79 Å². The lowest BCUT2D eigenvalue weighted by Crippen LogP contribution is -2.39. The molecular formula is C21H24ClN3O2S. The van der Waals surface area contributed by atoms with Crippen LogP contribution in [0.1, 0.15) is 11.1 Å². The van der Waals surface area contributed by atoms with Gasteiger partial charge in [0.1, 0.15) is 5.75 Å². The Bertz CT molecular complexity index is 987. The fraction of sp³-hybridized carbons (Fsp3) is 0.333. The van der Waals surface area contributed by atoms with Gasteiger partial charge in [0.25, 0.3) is 5.91 Å². The van der Waals surface area contributed by atoms with Crippen LogP contribution in [0.5, 0.6) is 5.75 Å². The number of aryl methyl sites for hydroxylation is 2. The standard InChI is InChI=1S/C21H24ClN3O2S/c1-14-6-5-7-17(10-14)27-13-19(26)25(9-8-24(3)4)21-23-20-15(2)11-16(22)12-18(20)28-21/h5-7,10-12H,8-9,13H2,1-4H3. The van der Waals surface area contributed by atoms with E-state index in [1.54, 1.807) is 4.90 Å². The summed E-state index contributed by atoms with van der Waals surface area (Å²) in [4.78, 5) is 21.4. The van der Waals surface area contributed by atoms with Gasteiger partial charge in [-0.25, -0.2) is 4.98 Å². The second kappa shape index (κ2) is 8.90. The summed E-state index contributed by atoms with van der Waals surface area (Å²) in [5.74, 6) is 0.569. The van der Waals surface area contributed by atoms with Crippen molar-refractivity contribution < 1.29 is 9.53 Å². The molecule has 3 aromatic rings. The first kappa shape index (κ1) is 20.6. The Morgan fingerprint density at radius 2 is 1.96 bits per heavy atom. The maximum absolute atomic E-state index is 13.0. The van der Waals surface area contributed by atoms with E-state index in [0.29, 0.717) is 22.4 Å². The maximum Gasteiger partial charge on any atom is 0.266 e. The first-order chi connectivity index (χ1) is 13.3. The molecule has 1 aromatic heterocycles. The van der Waals surface area contributed by atoms with Gasteiger partial charge in [0.15, 0.2) is 11.7 Å². The minimum absolute atomic E-state index is 0.0352. The van der Waals surface area contributed by atoms with Crippen LogP contribution in [0.25, 0.3) is 10.2 Å². The van der Waals surface area contributed by atoms with Crippen molar-refractivity contribution in [3.63, 3.8) is 0 Å². The lowest BCUT2D eigenvalue weighted by molar-refractivity contribution is -0.120. The number of fused-ring (bicyclic) bond motifs is 1. The van der Waals surface area contributed by atoms with Crippen molar-refractivity contribution in [2.75, 3.05) is 38.7 Å². The van der Waals surface area contributed by atoms with Gasteiger partial charge in [0, 0.05) is 18.1 Å². The molecular weight excluding hydrogens is 394 g/mol. The first-order valence-electron chi connectivity index (χ1n) is 9.05. The number of nitrogens with zero attached hydrogens (tertiary/aromatic N) is 3. The number of anilines is 1. The van der Waals surface area contributed by atoms with Crippen LogP contribution in [0.3, 0.4) is 0 Å². The van der Waals surface area contributed by atoms with E-state index < -0.39 is 0 Å². The molecule has 2 aromatic carbocycles. The first-order valence-corrected chi connectivity index (χ1v) is 10.2. The van der Waals surface area contributed by atoms with Crippen molar-refractivity contribution in [3.8, 4) is 5.75 Å². The average molecular weight is 418 g/mol. The van der Waals surface area contributed by atoms with Crippen LogP contribution in [-0.2, 0) is 4.79 Å². The molecule has 0 aliphatic carbocycles. The normalized spacial score (nSPS) is 11.2. The molecule has 0 radical (unpaired) electrons. The van der Waals surface area contributed by atoms with Gasteiger partial charge >= 0.3 is 0 Å². The summed E-state index contributed by atoms with van der Waals surface area (Å²) in [5.41, 5.74) is 2.97. The fourth-order valence-electron chi connectivity index (χ4n) is 2.81. The van der Waals surface area contributed by atoms with Crippen molar-refractivity contribution in [2.24, 2.45) is 0 Å². The van der Waals surface area contributed by atoms with Gasteiger partial charge in [-0.1, -0.05) is 35.1 Å². The van der Waals surface area contributed by atoms with Gasteiger partial charge in [0.05, 0.1) is 10.2 Å². The second-order valence-electron chi connectivity index (χ2n) is 7.02. The third-order valence-corrected chi connectivity index (χ3v) is 5.54. The summed E-state index contributed by atoms with van der Waals surface area (Å²) >= 11 is 7.65. The summed E-state index contributed by atoms with van der Waals surface area (Å²) in [5, 5.41) is 1.34. The van der Waals surface area contributed by atoms with Crippen LogP contribution in [0.15, 0.2) is 36.4 Å². The minimum Gasteiger partial charge on any atom is -0.484 e. The third-order valence-electron chi connectivity index (χ3n) is 4.29. The number of rotatable bonds is 7. The monoisotopic (exact) mass is 417 g/mol. The molecule has 0 aliphatic heterocycles. The van der Waals surface area contributed by atoms with Gasteiger partial charge in [-0.2, -0.15) is 0 Å². The Kier molecular flexibility index (Phi) is 6.54. The van der Waals surface area contributed by atoms with Gasteiger partial charge in [0.2, 0.25) is 0 Å². The molecule has 0 fully saturated rings. The lowest BCUT2D eigenvalue weighted by Gasteiger charge is -2.22. The SMILES string of the molecule is Cc1cccc(OCC(=O)N(CCN(C)C)c2nc3c(C)cc(Cl)cc3s2)c1. The van der Waals surface area contributed by atoms with E-state index in [1.807, 2.05) is 69.2 Å². The van der Waals surface area contributed by atoms with Crippen LogP contribution >= 0.6 is 22.9 Å². The highest BCUT2D eigenvalue weighted by molar-refractivity contribution is 7.22. The van der Waals surface area contributed by atoms with E-state index in [1.165, 1.54) is 11.3 Å². The van der Waals surface area contributed by atoms with E-state index in [0.717, 1.165) is 27.9 Å².